The summed E-state index contributed by atoms with van der Waals surface area (Å²) in [7, 11) is -2.44. The number of ether oxygens (including phenoxy) is 2. The van der Waals surface area contributed by atoms with E-state index in [2.05, 4.69) is 10.0 Å². The number of amides is 1. The lowest BCUT2D eigenvalue weighted by atomic mass is 10.1. The molecule has 1 amide bonds. The van der Waals surface area contributed by atoms with Gasteiger partial charge in [0.25, 0.3) is 15.9 Å². The van der Waals surface area contributed by atoms with E-state index in [1.807, 2.05) is 0 Å². The lowest BCUT2D eigenvalue weighted by Gasteiger charge is -2.13. The number of nitrogens with one attached hydrogen (secondary N) is 2. The highest BCUT2D eigenvalue weighted by Crippen LogP contribution is 2.26. The van der Waals surface area contributed by atoms with Crippen LogP contribution in [0.1, 0.15) is 11.1 Å². The molecule has 0 spiro atoms. The zero-order chi connectivity index (χ0) is 23.3. The summed E-state index contributed by atoms with van der Waals surface area (Å²) in [5.74, 6) is 0.0595. The van der Waals surface area contributed by atoms with Crippen molar-refractivity contribution < 1.29 is 27.1 Å². The second-order valence-corrected chi connectivity index (χ2v) is 8.73. The molecule has 0 atom stereocenters. The Labute approximate surface area is 186 Å². The van der Waals surface area contributed by atoms with Gasteiger partial charge in [-0.15, -0.1) is 0 Å². The van der Waals surface area contributed by atoms with Gasteiger partial charge in [-0.25, -0.2) is 12.8 Å². The van der Waals surface area contributed by atoms with Crippen LogP contribution < -0.4 is 19.5 Å². The summed E-state index contributed by atoms with van der Waals surface area (Å²) in [5, 5.41) is 2.65. The number of halogens is 1. The minimum atomic E-state index is -3.94. The average molecular weight is 459 g/mol. The normalized spacial score (nSPS) is 11.0. The number of hydrogen-bond donors (Lipinski definition) is 2. The number of methoxy groups -OCH3 is 1. The summed E-state index contributed by atoms with van der Waals surface area (Å²) in [5.41, 5.74) is 1.10. The van der Waals surface area contributed by atoms with Crippen LogP contribution in [0, 0.1) is 19.7 Å². The van der Waals surface area contributed by atoms with Gasteiger partial charge in [0.1, 0.15) is 5.82 Å². The lowest BCUT2D eigenvalue weighted by Crippen LogP contribution is -2.20. The molecule has 0 aliphatic carbocycles. The second kappa shape index (κ2) is 9.69. The molecule has 9 heteroatoms. The van der Waals surface area contributed by atoms with Crippen molar-refractivity contribution in [1.29, 1.82) is 0 Å². The van der Waals surface area contributed by atoms with Gasteiger partial charge in [-0.2, -0.15) is 0 Å². The molecule has 0 heterocycles. The van der Waals surface area contributed by atoms with E-state index >= 15 is 0 Å². The molecule has 3 aromatic carbocycles. The molecular weight excluding hydrogens is 435 g/mol. The van der Waals surface area contributed by atoms with Crippen molar-refractivity contribution in [3.63, 3.8) is 0 Å². The number of anilines is 2. The molecule has 168 valence electrons. The third-order valence-corrected chi connectivity index (χ3v) is 5.91. The Kier molecular flexibility index (Phi) is 6.99. The molecule has 0 unspecified atom stereocenters. The van der Waals surface area contributed by atoms with E-state index in [9.17, 15) is 17.6 Å². The van der Waals surface area contributed by atoms with Crippen molar-refractivity contribution in [3.8, 4) is 11.5 Å². The SMILES string of the molecule is COc1ccccc1OCC(=O)Nc1cccc(NS(=O)(=O)c2cc(C)c(F)c(C)c2)c1. The molecule has 0 aliphatic rings. The molecule has 0 aromatic heterocycles. The number of rotatable bonds is 8. The van der Waals surface area contributed by atoms with E-state index in [4.69, 9.17) is 9.47 Å². The highest BCUT2D eigenvalue weighted by molar-refractivity contribution is 7.92. The average Bonchev–Trinajstić information content (AvgIpc) is 2.75. The molecule has 0 radical (unpaired) electrons. The van der Waals surface area contributed by atoms with Gasteiger partial charge >= 0.3 is 0 Å². The topological polar surface area (TPSA) is 93.7 Å². The Bertz CT molecular complexity index is 1220. The molecule has 32 heavy (non-hydrogen) atoms. The summed E-state index contributed by atoms with van der Waals surface area (Å²) in [6, 6.07) is 15.7. The minimum absolute atomic E-state index is 0.0476. The van der Waals surface area contributed by atoms with Gasteiger partial charge in [0.15, 0.2) is 18.1 Å². The van der Waals surface area contributed by atoms with Crippen molar-refractivity contribution >= 4 is 27.3 Å². The standard InChI is InChI=1S/C23H23FN2O5S/c1-15-11-19(12-16(2)23(15)24)32(28,29)26-18-8-6-7-17(13-18)25-22(27)14-31-21-10-5-4-9-20(21)30-3/h4-13,26H,14H2,1-3H3,(H,25,27). The van der Waals surface area contributed by atoms with Gasteiger partial charge in [0.2, 0.25) is 0 Å². The van der Waals surface area contributed by atoms with Crippen LogP contribution in [0.25, 0.3) is 0 Å². The van der Waals surface area contributed by atoms with E-state index in [0.29, 0.717) is 17.2 Å². The number of sulfonamides is 1. The van der Waals surface area contributed by atoms with Crippen molar-refractivity contribution in [1.82, 2.24) is 0 Å². The van der Waals surface area contributed by atoms with E-state index < -0.39 is 21.7 Å². The van der Waals surface area contributed by atoms with E-state index in [0.717, 1.165) is 0 Å². The first-order valence-electron chi connectivity index (χ1n) is 9.65. The lowest BCUT2D eigenvalue weighted by molar-refractivity contribution is -0.118. The highest BCUT2D eigenvalue weighted by atomic mass is 32.2. The number of para-hydroxylation sites is 2. The van der Waals surface area contributed by atoms with Crippen molar-refractivity contribution in [2.75, 3.05) is 23.8 Å². The van der Waals surface area contributed by atoms with Crippen molar-refractivity contribution in [2.24, 2.45) is 0 Å². The molecule has 0 saturated carbocycles. The van der Waals surface area contributed by atoms with Crippen LogP contribution in [0.3, 0.4) is 0 Å². The maximum atomic E-state index is 13.8. The van der Waals surface area contributed by atoms with E-state index in [1.54, 1.807) is 42.5 Å². The Morgan fingerprint density at radius 2 is 1.56 bits per heavy atom. The van der Waals surface area contributed by atoms with Crippen molar-refractivity contribution in [3.05, 3.63) is 77.6 Å². The largest absolute Gasteiger partial charge is 0.493 e. The van der Waals surface area contributed by atoms with Crippen LogP contribution >= 0.6 is 0 Å². The Balaban J connectivity index is 1.68. The Morgan fingerprint density at radius 1 is 0.938 bits per heavy atom. The van der Waals surface area contributed by atoms with Crippen LogP contribution in [0.5, 0.6) is 11.5 Å². The Hall–Kier alpha value is -3.59. The van der Waals surface area contributed by atoms with Gasteiger partial charge in [-0.05, 0) is 67.4 Å². The molecule has 7 nitrogen and oxygen atoms in total. The van der Waals surface area contributed by atoms with Crippen LogP contribution in [0.15, 0.2) is 65.6 Å². The minimum Gasteiger partial charge on any atom is -0.493 e. The summed E-state index contributed by atoms with van der Waals surface area (Å²) in [6.07, 6.45) is 0. The molecule has 0 bridgehead atoms. The molecule has 0 fully saturated rings. The fraction of sp³-hybridized carbons (Fsp3) is 0.174. The van der Waals surface area contributed by atoms with Gasteiger partial charge in [-0.1, -0.05) is 18.2 Å². The summed E-state index contributed by atoms with van der Waals surface area (Å²) in [6.45, 7) is 2.75. The van der Waals surface area contributed by atoms with Crippen molar-refractivity contribution in [2.45, 2.75) is 18.7 Å². The third-order valence-electron chi connectivity index (χ3n) is 4.55. The molecule has 0 aliphatic heterocycles. The third kappa shape index (κ3) is 5.55. The summed E-state index contributed by atoms with van der Waals surface area (Å²) in [4.78, 5) is 12.2. The fourth-order valence-electron chi connectivity index (χ4n) is 3.01. The molecule has 2 N–H and O–H groups in total. The predicted octanol–water partition coefficient (Wildman–Crippen LogP) is 4.27. The maximum absolute atomic E-state index is 13.8. The van der Waals surface area contributed by atoms with E-state index in [1.165, 1.54) is 39.2 Å². The molecule has 3 aromatic rings. The van der Waals surface area contributed by atoms with Crippen LogP contribution in [0.4, 0.5) is 15.8 Å². The number of carbonyl (C=O) groups excluding carboxylic acids is 1. The number of aryl methyl sites for hydroxylation is 2. The quantitative estimate of drug-likeness (QED) is 0.526. The smallest absolute Gasteiger partial charge is 0.262 e. The summed E-state index contributed by atoms with van der Waals surface area (Å²) < 4.78 is 52.4. The number of carbonyl (C=O) groups is 1. The first-order valence-corrected chi connectivity index (χ1v) is 11.1. The zero-order valence-electron chi connectivity index (χ0n) is 17.8. The number of benzene rings is 3. The molecular formula is C23H23FN2O5S. The van der Waals surface area contributed by atoms with Gasteiger partial charge in [-0.3, -0.25) is 9.52 Å². The first kappa shape index (κ1) is 23.1. The van der Waals surface area contributed by atoms with Crippen LogP contribution in [-0.2, 0) is 14.8 Å². The van der Waals surface area contributed by atoms with Crippen LogP contribution in [-0.4, -0.2) is 28.0 Å². The first-order chi connectivity index (χ1) is 15.2. The fourth-order valence-corrected chi connectivity index (χ4v) is 4.23. The molecule has 0 saturated heterocycles. The Morgan fingerprint density at radius 3 is 2.22 bits per heavy atom. The van der Waals surface area contributed by atoms with Gasteiger partial charge in [0.05, 0.1) is 17.7 Å². The number of hydrogen-bond acceptors (Lipinski definition) is 5. The van der Waals surface area contributed by atoms with Crippen LogP contribution in [0.2, 0.25) is 0 Å². The predicted molar refractivity (Wildman–Crippen MR) is 120 cm³/mol. The molecule has 3 rings (SSSR count). The summed E-state index contributed by atoms with van der Waals surface area (Å²) >= 11 is 0. The zero-order valence-corrected chi connectivity index (χ0v) is 18.6. The van der Waals surface area contributed by atoms with Gasteiger partial charge < -0.3 is 14.8 Å². The van der Waals surface area contributed by atoms with E-state index in [-0.39, 0.29) is 28.3 Å². The van der Waals surface area contributed by atoms with Gasteiger partial charge in [0, 0.05) is 5.69 Å². The second-order valence-electron chi connectivity index (χ2n) is 7.05. The highest BCUT2D eigenvalue weighted by Gasteiger charge is 2.17. The maximum Gasteiger partial charge on any atom is 0.262 e. The monoisotopic (exact) mass is 458 g/mol.